The summed E-state index contributed by atoms with van der Waals surface area (Å²) < 4.78 is 13.5. The molecule has 0 saturated carbocycles. The van der Waals surface area contributed by atoms with Gasteiger partial charge in [0.1, 0.15) is 0 Å². The van der Waals surface area contributed by atoms with Gasteiger partial charge in [0, 0.05) is 17.1 Å². The SMILES string of the molecule is O=C(O)c1ccc(-c2ncc(F)c3[nH]ccc23)cc1. The number of aromatic nitrogens is 2. The molecular weight excluding hydrogens is 247 g/mol. The number of aromatic carboxylic acids is 1. The molecule has 0 aliphatic carbocycles. The highest BCUT2D eigenvalue weighted by atomic mass is 19.1. The molecule has 94 valence electrons. The lowest BCUT2D eigenvalue weighted by atomic mass is 10.1. The van der Waals surface area contributed by atoms with E-state index in [4.69, 9.17) is 5.11 Å². The summed E-state index contributed by atoms with van der Waals surface area (Å²) in [4.78, 5) is 17.7. The van der Waals surface area contributed by atoms with Crippen molar-refractivity contribution in [3.05, 3.63) is 54.1 Å². The fraction of sp³-hybridized carbons (Fsp3) is 0. The minimum absolute atomic E-state index is 0.205. The number of carboxylic acid groups (broad SMARTS) is 1. The summed E-state index contributed by atoms with van der Waals surface area (Å²) in [5.74, 6) is -1.39. The molecule has 0 radical (unpaired) electrons. The molecule has 0 aliphatic rings. The highest BCUT2D eigenvalue weighted by molar-refractivity contribution is 5.94. The summed E-state index contributed by atoms with van der Waals surface area (Å²) in [6.45, 7) is 0. The maximum absolute atomic E-state index is 13.5. The van der Waals surface area contributed by atoms with Gasteiger partial charge in [0.2, 0.25) is 0 Å². The molecule has 0 unspecified atom stereocenters. The van der Waals surface area contributed by atoms with E-state index < -0.39 is 11.8 Å². The Balaban J connectivity index is 2.16. The fourth-order valence-electron chi connectivity index (χ4n) is 2.02. The van der Waals surface area contributed by atoms with Crippen molar-refractivity contribution in [2.45, 2.75) is 0 Å². The first kappa shape index (κ1) is 11.4. The molecule has 3 rings (SSSR count). The Morgan fingerprint density at radius 1 is 1.21 bits per heavy atom. The molecule has 5 heteroatoms. The number of hydrogen-bond donors (Lipinski definition) is 2. The van der Waals surface area contributed by atoms with Crippen LogP contribution in [-0.4, -0.2) is 21.0 Å². The van der Waals surface area contributed by atoms with Gasteiger partial charge in [-0.05, 0) is 18.2 Å². The first-order valence-electron chi connectivity index (χ1n) is 5.62. The number of hydrogen-bond acceptors (Lipinski definition) is 2. The lowest BCUT2D eigenvalue weighted by molar-refractivity contribution is 0.0697. The van der Waals surface area contributed by atoms with Crippen molar-refractivity contribution in [1.82, 2.24) is 9.97 Å². The molecule has 2 aromatic heterocycles. The van der Waals surface area contributed by atoms with Crippen LogP contribution in [0.4, 0.5) is 4.39 Å². The fourth-order valence-corrected chi connectivity index (χ4v) is 2.02. The topological polar surface area (TPSA) is 66.0 Å². The van der Waals surface area contributed by atoms with Gasteiger partial charge in [0.25, 0.3) is 0 Å². The van der Waals surface area contributed by atoms with E-state index in [1.807, 2.05) is 0 Å². The summed E-state index contributed by atoms with van der Waals surface area (Å²) >= 11 is 0. The van der Waals surface area contributed by atoms with Crippen LogP contribution in [0.2, 0.25) is 0 Å². The monoisotopic (exact) mass is 256 g/mol. The third kappa shape index (κ3) is 1.85. The predicted octanol–water partition coefficient (Wildman–Crippen LogP) is 3.07. The van der Waals surface area contributed by atoms with Crippen molar-refractivity contribution in [3.8, 4) is 11.3 Å². The number of pyridine rings is 1. The van der Waals surface area contributed by atoms with Crippen LogP contribution in [0, 0.1) is 5.82 Å². The van der Waals surface area contributed by atoms with Gasteiger partial charge in [0.05, 0.1) is 23.0 Å². The molecule has 3 aromatic rings. The molecule has 4 nitrogen and oxygen atoms in total. The van der Waals surface area contributed by atoms with E-state index in [1.165, 1.54) is 12.1 Å². The van der Waals surface area contributed by atoms with Crippen LogP contribution in [0.15, 0.2) is 42.7 Å². The van der Waals surface area contributed by atoms with Crippen LogP contribution in [-0.2, 0) is 0 Å². The minimum atomic E-state index is -0.981. The van der Waals surface area contributed by atoms with E-state index in [2.05, 4.69) is 9.97 Å². The second-order valence-electron chi connectivity index (χ2n) is 4.10. The molecule has 2 heterocycles. The highest BCUT2D eigenvalue weighted by Gasteiger charge is 2.11. The quantitative estimate of drug-likeness (QED) is 0.740. The maximum atomic E-state index is 13.5. The average molecular weight is 256 g/mol. The minimum Gasteiger partial charge on any atom is -0.478 e. The van der Waals surface area contributed by atoms with Gasteiger partial charge >= 0.3 is 5.97 Å². The van der Waals surface area contributed by atoms with Crippen molar-refractivity contribution in [3.63, 3.8) is 0 Å². The number of nitrogens with one attached hydrogen (secondary N) is 1. The lowest BCUT2D eigenvalue weighted by Crippen LogP contribution is -1.95. The van der Waals surface area contributed by atoms with Gasteiger partial charge < -0.3 is 10.1 Å². The van der Waals surface area contributed by atoms with Gasteiger partial charge in [-0.1, -0.05) is 12.1 Å². The van der Waals surface area contributed by atoms with Gasteiger partial charge in [-0.3, -0.25) is 4.98 Å². The molecule has 0 saturated heterocycles. The molecule has 0 fully saturated rings. The molecule has 1 aromatic carbocycles. The Morgan fingerprint density at radius 2 is 1.95 bits per heavy atom. The Kier molecular flexibility index (Phi) is 2.52. The van der Waals surface area contributed by atoms with Crippen LogP contribution in [0.3, 0.4) is 0 Å². The van der Waals surface area contributed by atoms with E-state index in [1.54, 1.807) is 24.4 Å². The Labute approximate surface area is 107 Å². The van der Waals surface area contributed by atoms with E-state index in [0.717, 1.165) is 11.8 Å². The number of benzene rings is 1. The van der Waals surface area contributed by atoms with Gasteiger partial charge in [-0.25, -0.2) is 9.18 Å². The lowest BCUT2D eigenvalue weighted by Gasteiger charge is -2.04. The number of H-pyrrole nitrogens is 1. The predicted molar refractivity (Wildman–Crippen MR) is 68.4 cm³/mol. The van der Waals surface area contributed by atoms with E-state index >= 15 is 0 Å². The second-order valence-corrected chi connectivity index (χ2v) is 4.10. The molecule has 0 amide bonds. The van der Waals surface area contributed by atoms with E-state index in [9.17, 15) is 9.18 Å². The number of carbonyl (C=O) groups is 1. The van der Waals surface area contributed by atoms with Crippen molar-refractivity contribution in [1.29, 1.82) is 0 Å². The first-order valence-corrected chi connectivity index (χ1v) is 5.62. The zero-order valence-electron chi connectivity index (χ0n) is 9.72. The van der Waals surface area contributed by atoms with Crippen molar-refractivity contribution in [2.24, 2.45) is 0 Å². The summed E-state index contributed by atoms with van der Waals surface area (Å²) in [6, 6.07) is 8.07. The van der Waals surface area contributed by atoms with Gasteiger partial charge in [0.15, 0.2) is 5.82 Å². The van der Waals surface area contributed by atoms with Crippen LogP contribution in [0.5, 0.6) is 0 Å². The van der Waals surface area contributed by atoms with Crippen LogP contribution < -0.4 is 0 Å². The molecule has 2 N–H and O–H groups in total. The van der Waals surface area contributed by atoms with Crippen molar-refractivity contribution >= 4 is 16.9 Å². The molecule has 0 bridgehead atoms. The number of nitrogens with zero attached hydrogens (tertiary/aromatic N) is 1. The van der Waals surface area contributed by atoms with E-state index in [0.29, 0.717) is 16.6 Å². The number of halogens is 1. The summed E-state index contributed by atoms with van der Waals surface area (Å²) in [5, 5.41) is 9.52. The second kappa shape index (κ2) is 4.20. The Morgan fingerprint density at radius 3 is 2.63 bits per heavy atom. The van der Waals surface area contributed by atoms with Crippen molar-refractivity contribution < 1.29 is 14.3 Å². The van der Waals surface area contributed by atoms with Crippen LogP contribution in [0.1, 0.15) is 10.4 Å². The first-order chi connectivity index (χ1) is 9.16. The number of carboxylic acids is 1. The van der Waals surface area contributed by atoms with Crippen LogP contribution >= 0.6 is 0 Å². The number of fused-ring (bicyclic) bond motifs is 1. The summed E-state index contributed by atoms with van der Waals surface area (Å²) in [5.41, 5.74) is 1.97. The molecule has 0 aliphatic heterocycles. The molecule has 0 atom stereocenters. The standard InChI is InChI=1S/C14H9FN2O2/c15-11-7-17-12(10-5-6-16-13(10)11)8-1-3-9(4-2-8)14(18)19/h1-7,16H,(H,18,19). The third-order valence-electron chi connectivity index (χ3n) is 2.95. The summed E-state index contributed by atoms with van der Waals surface area (Å²) in [6.07, 6.45) is 2.80. The normalized spacial score (nSPS) is 10.8. The molecule has 0 spiro atoms. The maximum Gasteiger partial charge on any atom is 0.335 e. The van der Waals surface area contributed by atoms with Crippen molar-refractivity contribution in [2.75, 3.05) is 0 Å². The van der Waals surface area contributed by atoms with Crippen LogP contribution in [0.25, 0.3) is 22.2 Å². The number of rotatable bonds is 2. The Hall–Kier alpha value is -2.69. The van der Waals surface area contributed by atoms with Gasteiger partial charge in [-0.15, -0.1) is 0 Å². The van der Waals surface area contributed by atoms with E-state index in [-0.39, 0.29) is 5.56 Å². The zero-order chi connectivity index (χ0) is 13.4. The third-order valence-corrected chi connectivity index (χ3v) is 2.95. The largest absolute Gasteiger partial charge is 0.478 e. The average Bonchev–Trinajstić information content (AvgIpc) is 2.89. The molecule has 19 heavy (non-hydrogen) atoms. The van der Waals surface area contributed by atoms with Gasteiger partial charge in [-0.2, -0.15) is 0 Å². The summed E-state index contributed by atoms with van der Waals surface area (Å²) in [7, 11) is 0. The Bertz CT molecular complexity index is 763. The highest BCUT2D eigenvalue weighted by Crippen LogP contribution is 2.27. The number of aromatic amines is 1. The zero-order valence-corrected chi connectivity index (χ0v) is 9.72. The smallest absolute Gasteiger partial charge is 0.335 e. The molecular formula is C14H9FN2O2.